The maximum Gasteiger partial charge on any atom is 0.136 e. The Labute approximate surface area is 107 Å². The number of nitrogens with zero attached hydrogens (tertiary/aromatic N) is 2. The Balaban J connectivity index is 2.67. The van der Waals surface area contributed by atoms with E-state index < -0.39 is 0 Å². The number of aryl methyl sites for hydroxylation is 1. The lowest BCUT2D eigenvalue weighted by Crippen LogP contribution is -2.22. The highest BCUT2D eigenvalue weighted by Gasteiger charge is 2.11. The van der Waals surface area contributed by atoms with Gasteiger partial charge in [0.2, 0.25) is 0 Å². The summed E-state index contributed by atoms with van der Waals surface area (Å²) in [7, 11) is 3.87. The summed E-state index contributed by atoms with van der Waals surface area (Å²) < 4.78 is 0. The summed E-state index contributed by atoms with van der Waals surface area (Å²) in [6, 6.07) is 6.15. The standard InChI is InChI=1S/C14H19N3O/c1-10-9-16-14(17(3)7-8-18)11-5-4-6-12(15-2)13(10)11/h4-6,9,15,18H,7-8H2,1-3H3. The molecule has 1 aromatic heterocycles. The summed E-state index contributed by atoms with van der Waals surface area (Å²) in [5.74, 6) is 0.904. The third-order valence-electron chi connectivity index (χ3n) is 3.15. The minimum atomic E-state index is 0.124. The molecule has 0 aliphatic rings. The number of aliphatic hydroxyl groups is 1. The second-order valence-electron chi connectivity index (χ2n) is 4.39. The number of hydrogen-bond acceptors (Lipinski definition) is 4. The molecule has 0 aliphatic heterocycles. The first-order chi connectivity index (χ1) is 8.69. The van der Waals surface area contributed by atoms with Gasteiger partial charge in [-0.15, -0.1) is 0 Å². The summed E-state index contributed by atoms with van der Waals surface area (Å²) in [6.45, 7) is 2.76. The van der Waals surface area contributed by atoms with Crippen molar-refractivity contribution in [3.63, 3.8) is 0 Å². The van der Waals surface area contributed by atoms with Gasteiger partial charge in [-0.2, -0.15) is 0 Å². The van der Waals surface area contributed by atoms with Gasteiger partial charge < -0.3 is 15.3 Å². The maximum absolute atomic E-state index is 9.04. The molecule has 0 bridgehead atoms. The summed E-state index contributed by atoms with van der Waals surface area (Å²) in [5.41, 5.74) is 2.25. The van der Waals surface area contributed by atoms with Crippen molar-refractivity contribution in [3.8, 4) is 0 Å². The maximum atomic E-state index is 9.04. The second-order valence-corrected chi connectivity index (χ2v) is 4.39. The number of fused-ring (bicyclic) bond motifs is 1. The Morgan fingerprint density at radius 3 is 2.83 bits per heavy atom. The van der Waals surface area contributed by atoms with E-state index in [1.807, 2.05) is 31.3 Å². The quantitative estimate of drug-likeness (QED) is 0.865. The Kier molecular flexibility index (Phi) is 3.67. The molecule has 0 saturated heterocycles. The van der Waals surface area contributed by atoms with Crippen molar-refractivity contribution in [2.75, 3.05) is 37.5 Å². The Hall–Kier alpha value is -1.81. The third kappa shape index (κ3) is 2.11. The zero-order valence-corrected chi connectivity index (χ0v) is 11.1. The molecule has 4 heteroatoms. The van der Waals surface area contributed by atoms with Crippen molar-refractivity contribution < 1.29 is 5.11 Å². The molecular weight excluding hydrogens is 226 g/mol. The lowest BCUT2D eigenvalue weighted by atomic mass is 10.1. The minimum absolute atomic E-state index is 0.124. The molecule has 2 aromatic rings. The first-order valence-electron chi connectivity index (χ1n) is 6.07. The number of hydrogen-bond donors (Lipinski definition) is 2. The van der Waals surface area contributed by atoms with Gasteiger partial charge in [-0.25, -0.2) is 4.98 Å². The van der Waals surface area contributed by atoms with Crippen molar-refractivity contribution in [1.29, 1.82) is 0 Å². The van der Waals surface area contributed by atoms with Crippen molar-refractivity contribution >= 4 is 22.3 Å². The van der Waals surface area contributed by atoms with Crippen LogP contribution in [0.15, 0.2) is 24.4 Å². The number of nitrogens with one attached hydrogen (secondary N) is 1. The number of aliphatic hydroxyl groups excluding tert-OH is 1. The van der Waals surface area contributed by atoms with Crippen molar-refractivity contribution in [2.24, 2.45) is 0 Å². The molecule has 2 N–H and O–H groups in total. The van der Waals surface area contributed by atoms with Crippen molar-refractivity contribution in [2.45, 2.75) is 6.92 Å². The smallest absolute Gasteiger partial charge is 0.136 e. The molecule has 0 aliphatic carbocycles. The molecule has 4 nitrogen and oxygen atoms in total. The molecule has 0 saturated carbocycles. The predicted molar refractivity (Wildman–Crippen MR) is 76.4 cm³/mol. The normalized spacial score (nSPS) is 10.7. The fourth-order valence-electron chi connectivity index (χ4n) is 2.22. The van der Waals surface area contributed by atoms with Crippen LogP contribution in [0.2, 0.25) is 0 Å². The monoisotopic (exact) mass is 245 g/mol. The van der Waals surface area contributed by atoms with E-state index in [9.17, 15) is 0 Å². The first-order valence-corrected chi connectivity index (χ1v) is 6.07. The molecule has 0 unspecified atom stereocenters. The zero-order chi connectivity index (χ0) is 13.1. The number of benzene rings is 1. The molecule has 2 rings (SSSR count). The van der Waals surface area contributed by atoms with Crippen LogP contribution in [0.4, 0.5) is 11.5 Å². The van der Waals surface area contributed by atoms with Crippen LogP contribution in [0.3, 0.4) is 0 Å². The van der Waals surface area contributed by atoms with Gasteiger partial charge in [-0.1, -0.05) is 12.1 Å². The molecule has 0 radical (unpaired) electrons. The van der Waals surface area contributed by atoms with Gasteiger partial charge in [0.05, 0.1) is 6.61 Å². The van der Waals surface area contributed by atoms with E-state index in [-0.39, 0.29) is 6.61 Å². The summed E-state index contributed by atoms with van der Waals surface area (Å²) in [5, 5.41) is 14.6. The van der Waals surface area contributed by atoms with E-state index in [0.717, 1.165) is 22.5 Å². The molecule has 0 fully saturated rings. The number of rotatable bonds is 4. The molecule has 1 aromatic carbocycles. The number of pyridine rings is 1. The fourth-order valence-corrected chi connectivity index (χ4v) is 2.22. The molecule has 0 amide bonds. The number of anilines is 2. The summed E-state index contributed by atoms with van der Waals surface area (Å²) >= 11 is 0. The largest absolute Gasteiger partial charge is 0.395 e. The van der Waals surface area contributed by atoms with Crippen molar-refractivity contribution in [1.82, 2.24) is 4.98 Å². The van der Waals surface area contributed by atoms with Gasteiger partial charge in [-0.05, 0) is 18.6 Å². The Morgan fingerprint density at radius 1 is 1.39 bits per heavy atom. The van der Waals surface area contributed by atoms with Gasteiger partial charge in [0.1, 0.15) is 5.82 Å². The van der Waals surface area contributed by atoms with Crippen LogP contribution in [-0.4, -0.2) is 37.3 Å². The van der Waals surface area contributed by atoms with E-state index in [1.54, 1.807) is 0 Å². The SMILES string of the molecule is CNc1cccc2c(N(C)CCO)ncc(C)c12. The highest BCUT2D eigenvalue weighted by Crippen LogP contribution is 2.31. The predicted octanol–water partition coefficient (Wildman–Crippen LogP) is 2.01. The lowest BCUT2D eigenvalue weighted by molar-refractivity contribution is 0.304. The van der Waals surface area contributed by atoms with Crippen molar-refractivity contribution in [3.05, 3.63) is 30.0 Å². The van der Waals surface area contributed by atoms with Crippen LogP contribution in [0, 0.1) is 6.92 Å². The number of aromatic nitrogens is 1. The van der Waals surface area contributed by atoms with E-state index in [0.29, 0.717) is 6.54 Å². The average Bonchev–Trinajstić information content (AvgIpc) is 2.38. The summed E-state index contributed by atoms with van der Waals surface area (Å²) in [4.78, 5) is 6.46. The molecule has 0 atom stereocenters. The minimum Gasteiger partial charge on any atom is -0.395 e. The zero-order valence-electron chi connectivity index (χ0n) is 11.1. The van der Waals surface area contributed by atoms with Gasteiger partial charge in [-0.3, -0.25) is 0 Å². The van der Waals surface area contributed by atoms with E-state index in [1.165, 1.54) is 5.39 Å². The molecular formula is C14H19N3O. The summed E-state index contributed by atoms with van der Waals surface area (Å²) in [6.07, 6.45) is 1.88. The van der Waals surface area contributed by atoms with E-state index >= 15 is 0 Å². The molecule has 96 valence electrons. The average molecular weight is 245 g/mol. The topological polar surface area (TPSA) is 48.4 Å². The molecule has 0 spiro atoms. The van der Waals surface area contributed by atoms with Gasteiger partial charge in [0, 0.05) is 43.3 Å². The number of likely N-dealkylation sites (N-methyl/N-ethyl adjacent to an activating group) is 1. The van der Waals surface area contributed by atoms with Crippen LogP contribution < -0.4 is 10.2 Å². The van der Waals surface area contributed by atoms with Crippen LogP contribution in [0.5, 0.6) is 0 Å². The fraction of sp³-hybridized carbons (Fsp3) is 0.357. The van der Waals surface area contributed by atoms with Gasteiger partial charge >= 0.3 is 0 Å². The van der Waals surface area contributed by atoms with E-state index in [4.69, 9.17) is 5.11 Å². The first kappa shape index (κ1) is 12.6. The van der Waals surface area contributed by atoms with Gasteiger partial charge in [0.25, 0.3) is 0 Å². The van der Waals surface area contributed by atoms with Crippen LogP contribution >= 0.6 is 0 Å². The Bertz CT molecular complexity index is 554. The highest BCUT2D eigenvalue weighted by molar-refractivity contribution is 6.02. The van der Waals surface area contributed by atoms with Crippen LogP contribution in [0.1, 0.15) is 5.56 Å². The van der Waals surface area contributed by atoms with Gasteiger partial charge in [0.15, 0.2) is 0 Å². The molecule has 1 heterocycles. The lowest BCUT2D eigenvalue weighted by Gasteiger charge is -2.20. The third-order valence-corrected chi connectivity index (χ3v) is 3.15. The van der Waals surface area contributed by atoms with Crippen LogP contribution in [0.25, 0.3) is 10.8 Å². The second kappa shape index (κ2) is 5.23. The van der Waals surface area contributed by atoms with E-state index in [2.05, 4.69) is 29.4 Å². The highest BCUT2D eigenvalue weighted by atomic mass is 16.3. The Morgan fingerprint density at radius 2 is 2.17 bits per heavy atom. The van der Waals surface area contributed by atoms with Crippen LogP contribution in [-0.2, 0) is 0 Å². The molecule has 18 heavy (non-hydrogen) atoms.